The minimum Gasteiger partial charge on any atom is -0.316 e. The second-order valence-corrected chi connectivity index (χ2v) is 5.00. The van der Waals surface area contributed by atoms with E-state index in [0.29, 0.717) is 5.92 Å². The van der Waals surface area contributed by atoms with Crippen molar-refractivity contribution in [2.24, 2.45) is 7.05 Å². The average Bonchev–Trinajstić information content (AvgIpc) is 2.98. The van der Waals surface area contributed by atoms with E-state index in [1.54, 1.807) is 0 Å². The minimum absolute atomic E-state index is 0.545. The maximum absolute atomic E-state index is 4.53. The van der Waals surface area contributed by atoms with E-state index in [-0.39, 0.29) is 0 Å². The fraction of sp³-hybridized carbons (Fsp3) is 0.538. The molecule has 0 spiro atoms. The molecule has 0 amide bonds. The van der Waals surface area contributed by atoms with Gasteiger partial charge in [-0.15, -0.1) is 0 Å². The van der Waals surface area contributed by atoms with Gasteiger partial charge in [-0.1, -0.05) is 0 Å². The highest BCUT2D eigenvalue weighted by molar-refractivity contribution is 5.28. The highest BCUT2D eigenvalue weighted by Crippen LogP contribution is 2.24. The standard InChI is InChI=1S/C13H19N5/c1-10-6-13(16-17(10)2)18-9-15-8-12(18)11-4-3-5-14-7-11/h6,8-9,11,14H,3-5,7H2,1-2H3. The molecule has 5 heteroatoms. The van der Waals surface area contributed by atoms with Gasteiger partial charge in [0.25, 0.3) is 0 Å². The van der Waals surface area contributed by atoms with Crippen LogP contribution in [-0.2, 0) is 7.05 Å². The minimum atomic E-state index is 0.545. The van der Waals surface area contributed by atoms with Crippen molar-refractivity contribution in [3.05, 3.63) is 30.0 Å². The van der Waals surface area contributed by atoms with E-state index >= 15 is 0 Å². The molecule has 3 rings (SSSR count). The highest BCUT2D eigenvalue weighted by Gasteiger charge is 2.20. The summed E-state index contributed by atoms with van der Waals surface area (Å²) >= 11 is 0. The van der Waals surface area contributed by atoms with Crippen molar-refractivity contribution >= 4 is 0 Å². The molecule has 96 valence electrons. The molecule has 1 atom stereocenters. The molecule has 2 aromatic heterocycles. The molecule has 0 bridgehead atoms. The molecule has 18 heavy (non-hydrogen) atoms. The van der Waals surface area contributed by atoms with Crippen LogP contribution in [0.4, 0.5) is 0 Å². The zero-order valence-electron chi connectivity index (χ0n) is 10.9. The van der Waals surface area contributed by atoms with Crippen molar-refractivity contribution < 1.29 is 0 Å². The lowest BCUT2D eigenvalue weighted by molar-refractivity contribution is 0.450. The number of aromatic nitrogens is 4. The molecule has 1 unspecified atom stereocenters. The van der Waals surface area contributed by atoms with E-state index in [2.05, 4.69) is 33.0 Å². The normalized spacial score (nSPS) is 20.2. The Kier molecular flexibility index (Phi) is 2.91. The van der Waals surface area contributed by atoms with Crippen LogP contribution in [-0.4, -0.2) is 32.4 Å². The van der Waals surface area contributed by atoms with Gasteiger partial charge in [0.2, 0.25) is 0 Å². The van der Waals surface area contributed by atoms with Crippen molar-refractivity contribution in [2.75, 3.05) is 13.1 Å². The van der Waals surface area contributed by atoms with Crippen LogP contribution >= 0.6 is 0 Å². The fourth-order valence-corrected chi connectivity index (χ4v) is 2.56. The van der Waals surface area contributed by atoms with Crippen LogP contribution in [0.3, 0.4) is 0 Å². The third-order valence-electron chi connectivity index (χ3n) is 3.73. The number of aryl methyl sites for hydroxylation is 2. The number of rotatable bonds is 2. The van der Waals surface area contributed by atoms with E-state index in [9.17, 15) is 0 Å². The van der Waals surface area contributed by atoms with Crippen LogP contribution in [0.2, 0.25) is 0 Å². The maximum Gasteiger partial charge on any atom is 0.160 e. The lowest BCUT2D eigenvalue weighted by atomic mass is 9.96. The van der Waals surface area contributed by atoms with Crippen LogP contribution < -0.4 is 5.32 Å². The van der Waals surface area contributed by atoms with Gasteiger partial charge < -0.3 is 5.32 Å². The Morgan fingerprint density at radius 1 is 1.44 bits per heavy atom. The maximum atomic E-state index is 4.53. The molecule has 1 aliphatic heterocycles. The van der Waals surface area contributed by atoms with Gasteiger partial charge in [0.15, 0.2) is 5.82 Å². The molecule has 0 aliphatic carbocycles. The van der Waals surface area contributed by atoms with E-state index in [1.165, 1.54) is 18.5 Å². The highest BCUT2D eigenvalue weighted by atomic mass is 15.3. The number of imidazole rings is 1. The van der Waals surface area contributed by atoms with Crippen molar-refractivity contribution in [1.29, 1.82) is 0 Å². The Labute approximate surface area is 107 Å². The summed E-state index contributed by atoms with van der Waals surface area (Å²) in [7, 11) is 1.97. The van der Waals surface area contributed by atoms with Gasteiger partial charge in [0.1, 0.15) is 6.33 Å². The van der Waals surface area contributed by atoms with Gasteiger partial charge in [-0.25, -0.2) is 4.98 Å². The first-order valence-electron chi connectivity index (χ1n) is 6.49. The van der Waals surface area contributed by atoms with E-state index in [4.69, 9.17) is 0 Å². The Balaban J connectivity index is 1.95. The van der Waals surface area contributed by atoms with E-state index < -0.39 is 0 Å². The Bertz CT molecular complexity index is 514. The first-order valence-corrected chi connectivity index (χ1v) is 6.49. The molecule has 1 fully saturated rings. The molecular formula is C13H19N5. The van der Waals surface area contributed by atoms with Crippen LogP contribution in [0, 0.1) is 6.92 Å². The number of nitrogens with one attached hydrogen (secondary N) is 1. The first-order chi connectivity index (χ1) is 8.75. The Hall–Kier alpha value is -1.62. The molecular weight excluding hydrogens is 226 g/mol. The lowest BCUT2D eigenvalue weighted by Gasteiger charge is -2.23. The average molecular weight is 245 g/mol. The molecule has 1 saturated heterocycles. The van der Waals surface area contributed by atoms with Gasteiger partial charge >= 0.3 is 0 Å². The largest absolute Gasteiger partial charge is 0.316 e. The van der Waals surface area contributed by atoms with Crippen LogP contribution in [0.15, 0.2) is 18.6 Å². The molecule has 0 aromatic carbocycles. The molecule has 0 radical (unpaired) electrons. The predicted octanol–water partition coefficient (Wildman–Crippen LogP) is 1.38. The van der Waals surface area contributed by atoms with Gasteiger partial charge in [0, 0.05) is 43.2 Å². The number of hydrogen-bond donors (Lipinski definition) is 1. The third-order valence-corrected chi connectivity index (χ3v) is 3.73. The molecule has 1 aliphatic rings. The van der Waals surface area contributed by atoms with Crippen molar-refractivity contribution in [1.82, 2.24) is 24.6 Å². The number of hydrogen-bond acceptors (Lipinski definition) is 3. The Morgan fingerprint density at radius 2 is 2.33 bits per heavy atom. The van der Waals surface area contributed by atoms with Crippen LogP contribution in [0.1, 0.15) is 30.1 Å². The monoisotopic (exact) mass is 245 g/mol. The van der Waals surface area contributed by atoms with E-state index in [1.807, 2.05) is 24.3 Å². The third kappa shape index (κ3) is 1.95. The first kappa shape index (κ1) is 11.5. The van der Waals surface area contributed by atoms with Crippen molar-refractivity contribution in [3.63, 3.8) is 0 Å². The van der Waals surface area contributed by atoms with Gasteiger partial charge in [-0.2, -0.15) is 5.10 Å². The number of nitrogens with zero attached hydrogens (tertiary/aromatic N) is 4. The second kappa shape index (κ2) is 4.57. The smallest absolute Gasteiger partial charge is 0.160 e. The lowest BCUT2D eigenvalue weighted by Crippen LogP contribution is -2.29. The van der Waals surface area contributed by atoms with Gasteiger partial charge in [-0.05, 0) is 26.3 Å². The van der Waals surface area contributed by atoms with Crippen molar-refractivity contribution in [2.45, 2.75) is 25.7 Å². The van der Waals surface area contributed by atoms with Gasteiger partial charge in [-0.3, -0.25) is 9.25 Å². The molecule has 1 N–H and O–H groups in total. The molecule has 5 nitrogen and oxygen atoms in total. The summed E-state index contributed by atoms with van der Waals surface area (Å²) < 4.78 is 4.02. The van der Waals surface area contributed by atoms with Crippen molar-refractivity contribution in [3.8, 4) is 5.82 Å². The summed E-state index contributed by atoms with van der Waals surface area (Å²) in [5.41, 5.74) is 2.42. The number of piperidine rings is 1. The summed E-state index contributed by atoms with van der Waals surface area (Å²) in [4.78, 5) is 4.30. The zero-order chi connectivity index (χ0) is 12.5. The van der Waals surface area contributed by atoms with E-state index in [0.717, 1.165) is 24.6 Å². The summed E-state index contributed by atoms with van der Waals surface area (Å²) in [6.45, 7) is 4.24. The summed E-state index contributed by atoms with van der Waals surface area (Å²) in [5.74, 6) is 1.51. The predicted molar refractivity (Wildman–Crippen MR) is 69.9 cm³/mol. The van der Waals surface area contributed by atoms with Crippen LogP contribution in [0.5, 0.6) is 0 Å². The molecule has 3 heterocycles. The summed E-state index contributed by atoms with van der Waals surface area (Å²) in [5, 5.41) is 7.98. The van der Waals surface area contributed by atoms with Gasteiger partial charge in [0.05, 0.1) is 0 Å². The fourth-order valence-electron chi connectivity index (χ4n) is 2.56. The topological polar surface area (TPSA) is 47.7 Å². The quantitative estimate of drug-likeness (QED) is 0.869. The SMILES string of the molecule is Cc1cc(-n2cncc2C2CCCNC2)nn1C. The van der Waals surface area contributed by atoms with Crippen LogP contribution in [0.25, 0.3) is 5.82 Å². The zero-order valence-corrected chi connectivity index (χ0v) is 10.9. The molecule has 2 aromatic rings. The summed E-state index contributed by atoms with van der Waals surface area (Å²) in [6.07, 6.45) is 6.30. The second-order valence-electron chi connectivity index (χ2n) is 5.00. The molecule has 0 saturated carbocycles. The Morgan fingerprint density at radius 3 is 3.00 bits per heavy atom. The summed E-state index contributed by atoms with van der Waals surface area (Å²) in [6, 6.07) is 2.10.